The van der Waals surface area contributed by atoms with Crippen molar-refractivity contribution < 1.29 is 5.11 Å². The van der Waals surface area contributed by atoms with Gasteiger partial charge in [0.15, 0.2) is 5.76 Å². The molecule has 1 aromatic carbocycles. The first-order valence-corrected chi connectivity index (χ1v) is 10.0. The molecule has 2 aliphatic carbocycles. The Balaban J connectivity index is 1.45. The lowest BCUT2D eigenvalue weighted by Crippen LogP contribution is -2.45. The van der Waals surface area contributed by atoms with Crippen molar-refractivity contribution in [2.75, 3.05) is 13.1 Å². The van der Waals surface area contributed by atoms with Gasteiger partial charge in [0, 0.05) is 37.2 Å². The first-order chi connectivity index (χ1) is 12.8. The summed E-state index contributed by atoms with van der Waals surface area (Å²) in [5.41, 5.74) is 2.58. The molecule has 1 N–H and O–H groups in total. The van der Waals surface area contributed by atoms with Gasteiger partial charge in [-0.15, -0.1) is 0 Å². The van der Waals surface area contributed by atoms with Crippen molar-refractivity contribution in [3.05, 3.63) is 59.8 Å². The summed E-state index contributed by atoms with van der Waals surface area (Å²) in [6.45, 7) is 1.95. The van der Waals surface area contributed by atoms with E-state index in [1.807, 2.05) is 0 Å². The highest BCUT2D eigenvalue weighted by molar-refractivity contribution is 5.88. The van der Waals surface area contributed by atoms with Crippen LogP contribution in [0.15, 0.2) is 59.2 Å². The van der Waals surface area contributed by atoms with E-state index in [4.69, 9.17) is 0 Å². The zero-order valence-electron chi connectivity index (χ0n) is 15.3. The number of rotatable bonds is 4. The maximum Gasteiger partial charge on any atom is 0.159 e. The number of aliphatic hydroxyl groups excluding tert-OH is 1. The van der Waals surface area contributed by atoms with Gasteiger partial charge in [0.05, 0.1) is 6.20 Å². The fourth-order valence-electron chi connectivity index (χ4n) is 4.92. The highest BCUT2D eigenvalue weighted by Gasteiger charge is 2.40. The molecule has 2 fully saturated rings. The van der Waals surface area contributed by atoms with Gasteiger partial charge in [0.25, 0.3) is 0 Å². The molecule has 5 rings (SSSR count). The van der Waals surface area contributed by atoms with Gasteiger partial charge >= 0.3 is 0 Å². The first kappa shape index (κ1) is 16.0. The summed E-state index contributed by atoms with van der Waals surface area (Å²) in [5, 5.41) is 10.4. The third-order valence-electron chi connectivity index (χ3n) is 6.53. The molecule has 4 nitrogen and oxygen atoms in total. The number of nitrogens with zero attached hydrogens (tertiary/aromatic N) is 3. The molecule has 2 aliphatic heterocycles. The van der Waals surface area contributed by atoms with Crippen molar-refractivity contribution in [3.8, 4) is 0 Å². The van der Waals surface area contributed by atoms with Crippen molar-refractivity contribution in [1.29, 1.82) is 0 Å². The molecule has 2 saturated carbocycles. The normalized spacial score (nSPS) is 24.7. The molecule has 0 radical (unpaired) electrons. The lowest BCUT2D eigenvalue weighted by Gasteiger charge is -2.40. The van der Waals surface area contributed by atoms with Gasteiger partial charge in [-0.3, -0.25) is 0 Å². The molecule has 0 aromatic heterocycles. The molecular formula is C22H27N3O. The zero-order valence-corrected chi connectivity index (χ0v) is 15.3. The fourth-order valence-corrected chi connectivity index (χ4v) is 4.92. The Hall–Kier alpha value is -2.23. The Morgan fingerprint density at radius 3 is 2.58 bits per heavy atom. The summed E-state index contributed by atoms with van der Waals surface area (Å²) in [6.07, 6.45) is 12.4. The molecule has 136 valence electrons. The van der Waals surface area contributed by atoms with Gasteiger partial charge in [-0.05, 0) is 31.2 Å². The van der Waals surface area contributed by atoms with Gasteiger partial charge in [-0.1, -0.05) is 43.2 Å². The molecule has 0 amide bonds. The van der Waals surface area contributed by atoms with Crippen molar-refractivity contribution in [2.45, 2.75) is 56.4 Å². The van der Waals surface area contributed by atoms with E-state index in [2.05, 4.69) is 51.3 Å². The number of aliphatic hydroxyl groups is 1. The molecule has 26 heavy (non-hydrogen) atoms. The Morgan fingerprint density at radius 2 is 1.85 bits per heavy atom. The molecule has 0 atom stereocenters. The predicted molar refractivity (Wildman–Crippen MR) is 104 cm³/mol. The van der Waals surface area contributed by atoms with E-state index in [9.17, 15) is 5.11 Å². The smallest absolute Gasteiger partial charge is 0.159 e. The monoisotopic (exact) mass is 349 g/mol. The quantitative estimate of drug-likeness (QED) is 0.880. The largest absolute Gasteiger partial charge is 0.504 e. The van der Waals surface area contributed by atoms with Gasteiger partial charge in [-0.25, -0.2) is 4.99 Å². The number of fused-ring (bicyclic) bond motifs is 1. The van der Waals surface area contributed by atoms with E-state index in [1.165, 1.54) is 44.1 Å². The Morgan fingerprint density at radius 1 is 1.08 bits per heavy atom. The lowest BCUT2D eigenvalue weighted by atomic mass is 9.75. The maximum atomic E-state index is 10.4. The second-order valence-corrected chi connectivity index (χ2v) is 8.22. The molecule has 0 spiro atoms. The van der Waals surface area contributed by atoms with Crippen molar-refractivity contribution in [2.24, 2.45) is 4.99 Å². The van der Waals surface area contributed by atoms with Crippen LogP contribution in [0, 0.1) is 0 Å². The van der Waals surface area contributed by atoms with Gasteiger partial charge in [0.2, 0.25) is 0 Å². The molecule has 1 aromatic rings. The van der Waals surface area contributed by atoms with Crippen LogP contribution in [-0.4, -0.2) is 39.9 Å². The first-order valence-electron chi connectivity index (χ1n) is 10.0. The van der Waals surface area contributed by atoms with Crippen LogP contribution in [0.4, 0.5) is 0 Å². The highest BCUT2D eigenvalue weighted by atomic mass is 16.3. The van der Waals surface area contributed by atoms with Crippen molar-refractivity contribution >= 4 is 5.84 Å². The van der Waals surface area contributed by atoms with Gasteiger partial charge in [0.1, 0.15) is 11.5 Å². The average Bonchev–Trinajstić information content (AvgIpc) is 3.43. The van der Waals surface area contributed by atoms with Crippen LogP contribution in [0.3, 0.4) is 0 Å². The standard InChI is InChI=1S/C22H27N3O/c26-20-15-23-21(25-13-12-24(16-19(20)25)18-8-9-18)14-22(10-4-5-11-22)17-6-2-1-3-7-17/h1-3,6-7,15-16,18,26H,4-5,8-14H2. The summed E-state index contributed by atoms with van der Waals surface area (Å²) in [5.74, 6) is 1.43. The van der Waals surface area contributed by atoms with Crippen LogP contribution in [0.5, 0.6) is 0 Å². The minimum absolute atomic E-state index is 0.194. The zero-order chi connectivity index (χ0) is 17.6. The molecule has 4 aliphatic rings. The number of hydrogen-bond donors (Lipinski definition) is 1. The van der Waals surface area contributed by atoms with Crippen LogP contribution in [-0.2, 0) is 5.41 Å². The third kappa shape index (κ3) is 2.72. The van der Waals surface area contributed by atoms with Crippen LogP contribution in [0.25, 0.3) is 0 Å². The van der Waals surface area contributed by atoms with E-state index >= 15 is 0 Å². The summed E-state index contributed by atoms with van der Waals surface area (Å²) < 4.78 is 0. The van der Waals surface area contributed by atoms with Crippen molar-refractivity contribution in [3.63, 3.8) is 0 Å². The SMILES string of the molecule is OC1=CN=C(CC2(c3ccccc3)CCCC2)N2CCN(C3CC3)C=C12. The number of benzene rings is 1. The number of amidine groups is 1. The topological polar surface area (TPSA) is 39.1 Å². The summed E-state index contributed by atoms with van der Waals surface area (Å²) in [6, 6.07) is 11.7. The van der Waals surface area contributed by atoms with Crippen LogP contribution in [0.2, 0.25) is 0 Å². The summed E-state index contributed by atoms with van der Waals surface area (Å²) in [7, 11) is 0. The minimum Gasteiger partial charge on any atom is -0.504 e. The lowest BCUT2D eigenvalue weighted by molar-refractivity contribution is 0.266. The van der Waals surface area contributed by atoms with E-state index in [-0.39, 0.29) is 5.41 Å². The third-order valence-corrected chi connectivity index (χ3v) is 6.53. The molecule has 4 heteroatoms. The second-order valence-electron chi connectivity index (χ2n) is 8.22. The van der Waals surface area contributed by atoms with E-state index in [1.54, 1.807) is 6.20 Å². The Kier molecular flexibility index (Phi) is 3.80. The van der Waals surface area contributed by atoms with Crippen LogP contribution in [0.1, 0.15) is 50.5 Å². The fraction of sp³-hybridized carbons (Fsp3) is 0.500. The molecule has 2 heterocycles. The van der Waals surface area contributed by atoms with Crippen LogP contribution >= 0.6 is 0 Å². The summed E-state index contributed by atoms with van der Waals surface area (Å²) >= 11 is 0. The van der Waals surface area contributed by atoms with E-state index < -0.39 is 0 Å². The average molecular weight is 349 g/mol. The highest BCUT2D eigenvalue weighted by Crippen LogP contribution is 2.45. The molecular weight excluding hydrogens is 322 g/mol. The molecule has 0 saturated heterocycles. The second kappa shape index (κ2) is 6.19. The maximum absolute atomic E-state index is 10.4. The Bertz CT molecular complexity index is 770. The van der Waals surface area contributed by atoms with E-state index in [0.29, 0.717) is 11.8 Å². The number of aliphatic imine (C=N–C) groups is 1. The van der Waals surface area contributed by atoms with Crippen molar-refractivity contribution in [1.82, 2.24) is 9.80 Å². The van der Waals surface area contributed by atoms with Crippen LogP contribution < -0.4 is 0 Å². The van der Waals surface area contributed by atoms with Gasteiger partial charge in [-0.2, -0.15) is 0 Å². The predicted octanol–water partition coefficient (Wildman–Crippen LogP) is 4.32. The van der Waals surface area contributed by atoms with E-state index in [0.717, 1.165) is 31.0 Å². The Labute approximate surface area is 155 Å². The van der Waals surface area contributed by atoms with Gasteiger partial charge < -0.3 is 14.9 Å². The summed E-state index contributed by atoms with van der Waals surface area (Å²) in [4.78, 5) is 9.35. The molecule has 0 bridgehead atoms. The minimum atomic E-state index is 0.194. The number of hydrogen-bond acceptors (Lipinski definition) is 4. The molecule has 0 unspecified atom stereocenters.